The Labute approximate surface area is 83.4 Å². The number of rotatable bonds is 0. The van der Waals surface area contributed by atoms with E-state index in [9.17, 15) is 4.39 Å². The summed E-state index contributed by atoms with van der Waals surface area (Å²) in [5.74, 6) is -0.376. The van der Waals surface area contributed by atoms with Gasteiger partial charge in [0.1, 0.15) is 11.9 Å². The SMILES string of the molecule is N#Cc1cc(C#N)c2scc(F)c2c1. The third kappa shape index (κ3) is 1.14. The lowest BCUT2D eigenvalue weighted by Gasteiger charge is -1.94. The van der Waals surface area contributed by atoms with Crippen LogP contribution in [0.2, 0.25) is 0 Å². The summed E-state index contributed by atoms with van der Waals surface area (Å²) in [4.78, 5) is 0. The lowest BCUT2D eigenvalue weighted by molar-refractivity contribution is 0.644. The second-order valence-electron chi connectivity index (χ2n) is 2.71. The summed E-state index contributed by atoms with van der Waals surface area (Å²) in [6.07, 6.45) is 0. The zero-order valence-corrected chi connectivity index (χ0v) is 7.73. The van der Waals surface area contributed by atoms with Gasteiger partial charge in [0, 0.05) is 10.8 Å². The highest BCUT2D eigenvalue weighted by Gasteiger charge is 2.09. The number of hydrogen-bond acceptors (Lipinski definition) is 3. The van der Waals surface area contributed by atoms with E-state index in [-0.39, 0.29) is 5.82 Å². The van der Waals surface area contributed by atoms with Crippen LogP contribution < -0.4 is 0 Å². The van der Waals surface area contributed by atoms with Gasteiger partial charge in [0.25, 0.3) is 0 Å². The molecule has 0 aliphatic heterocycles. The van der Waals surface area contributed by atoms with Crippen molar-refractivity contribution in [1.82, 2.24) is 0 Å². The van der Waals surface area contributed by atoms with Gasteiger partial charge in [-0.3, -0.25) is 0 Å². The van der Waals surface area contributed by atoms with Crippen molar-refractivity contribution in [2.45, 2.75) is 0 Å². The van der Waals surface area contributed by atoms with Gasteiger partial charge in [-0.15, -0.1) is 11.3 Å². The lowest BCUT2D eigenvalue weighted by Crippen LogP contribution is -1.80. The van der Waals surface area contributed by atoms with Gasteiger partial charge in [0.15, 0.2) is 0 Å². The Morgan fingerprint density at radius 2 is 2.00 bits per heavy atom. The Morgan fingerprint density at radius 1 is 1.21 bits per heavy atom. The third-order valence-electron chi connectivity index (χ3n) is 1.88. The topological polar surface area (TPSA) is 47.6 Å². The van der Waals surface area contributed by atoms with Crippen molar-refractivity contribution in [2.24, 2.45) is 0 Å². The van der Waals surface area contributed by atoms with Gasteiger partial charge in [-0.05, 0) is 12.1 Å². The fraction of sp³-hybridized carbons (Fsp3) is 0. The number of fused-ring (bicyclic) bond motifs is 1. The highest BCUT2D eigenvalue weighted by Crippen LogP contribution is 2.28. The van der Waals surface area contributed by atoms with Crippen LogP contribution in [0.15, 0.2) is 17.5 Å². The smallest absolute Gasteiger partial charge is 0.141 e. The molecule has 1 aromatic heterocycles. The zero-order valence-electron chi connectivity index (χ0n) is 6.91. The molecule has 2 nitrogen and oxygen atoms in total. The highest BCUT2D eigenvalue weighted by atomic mass is 32.1. The van der Waals surface area contributed by atoms with Crippen molar-refractivity contribution in [3.05, 3.63) is 34.5 Å². The zero-order chi connectivity index (χ0) is 10.1. The molecule has 0 unspecified atom stereocenters. The fourth-order valence-electron chi connectivity index (χ4n) is 1.25. The molecule has 0 saturated heterocycles. The lowest BCUT2D eigenvalue weighted by atomic mass is 10.1. The summed E-state index contributed by atoms with van der Waals surface area (Å²) < 4.78 is 13.8. The fourth-order valence-corrected chi connectivity index (χ4v) is 2.12. The predicted octanol–water partition coefficient (Wildman–Crippen LogP) is 2.78. The molecule has 0 amide bonds. The van der Waals surface area contributed by atoms with E-state index in [1.807, 2.05) is 12.1 Å². The van der Waals surface area contributed by atoms with Crippen LogP contribution in [0.25, 0.3) is 10.1 Å². The van der Waals surface area contributed by atoms with E-state index >= 15 is 0 Å². The second kappa shape index (κ2) is 3.10. The number of halogens is 1. The molecular weight excluding hydrogens is 199 g/mol. The Morgan fingerprint density at radius 3 is 2.64 bits per heavy atom. The molecule has 66 valence electrons. The van der Waals surface area contributed by atoms with Gasteiger partial charge in [-0.25, -0.2) is 4.39 Å². The quantitative estimate of drug-likeness (QED) is 0.659. The Hall–Kier alpha value is -1.91. The first-order chi connectivity index (χ1) is 6.76. The molecule has 0 N–H and O–H groups in total. The van der Waals surface area contributed by atoms with Crippen LogP contribution in [0.1, 0.15) is 11.1 Å². The minimum Gasteiger partial charge on any atom is -0.205 e. The van der Waals surface area contributed by atoms with E-state index in [2.05, 4.69) is 0 Å². The predicted molar refractivity (Wildman–Crippen MR) is 51.2 cm³/mol. The van der Waals surface area contributed by atoms with Crippen molar-refractivity contribution in [1.29, 1.82) is 10.5 Å². The molecule has 4 heteroatoms. The van der Waals surface area contributed by atoms with E-state index in [0.29, 0.717) is 21.2 Å². The molecule has 0 aliphatic rings. The molecule has 0 bridgehead atoms. The minimum atomic E-state index is -0.376. The standard InChI is InChI=1S/C10H3FN2S/c11-9-5-14-10-7(4-13)1-6(3-12)2-8(9)10/h1-2,5H. The van der Waals surface area contributed by atoms with Gasteiger partial charge >= 0.3 is 0 Å². The first-order valence-electron chi connectivity index (χ1n) is 3.77. The normalized spacial score (nSPS) is 9.64. The maximum atomic E-state index is 13.2. The van der Waals surface area contributed by atoms with Crippen LogP contribution >= 0.6 is 11.3 Å². The molecule has 0 saturated carbocycles. The number of benzene rings is 1. The van der Waals surface area contributed by atoms with Crippen molar-refractivity contribution in [2.75, 3.05) is 0 Å². The number of nitrogens with zero attached hydrogens (tertiary/aromatic N) is 2. The van der Waals surface area contributed by atoms with Gasteiger partial charge < -0.3 is 0 Å². The van der Waals surface area contributed by atoms with E-state index in [4.69, 9.17) is 10.5 Å². The molecule has 0 atom stereocenters. The average molecular weight is 202 g/mol. The Kier molecular flexibility index (Phi) is 1.92. The molecule has 0 aliphatic carbocycles. The summed E-state index contributed by atoms with van der Waals surface area (Å²) in [7, 11) is 0. The van der Waals surface area contributed by atoms with Crippen LogP contribution in [-0.2, 0) is 0 Å². The first-order valence-corrected chi connectivity index (χ1v) is 4.65. The highest BCUT2D eigenvalue weighted by molar-refractivity contribution is 7.17. The molecule has 14 heavy (non-hydrogen) atoms. The third-order valence-corrected chi connectivity index (χ3v) is 2.88. The molecule has 1 heterocycles. The van der Waals surface area contributed by atoms with E-state index < -0.39 is 0 Å². The van der Waals surface area contributed by atoms with Crippen molar-refractivity contribution in [3.63, 3.8) is 0 Å². The number of thiophene rings is 1. The minimum absolute atomic E-state index is 0.311. The van der Waals surface area contributed by atoms with E-state index in [0.717, 1.165) is 0 Å². The van der Waals surface area contributed by atoms with Gasteiger partial charge in [-0.1, -0.05) is 0 Å². The number of nitriles is 2. The van der Waals surface area contributed by atoms with Crippen molar-refractivity contribution in [3.8, 4) is 12.1 Å². The molecular formula is C10H3FN2S. The van der Waals surface area contributed by atoms with Gasteiger partial charge in [0.05, 0.1) is 21.9 Å². The maximum Gasteiger partial charge on any atom is 0.141 e. The molecule has 1 aromatic carbocycles. The molecule has 2 aromatic rings. The molecule has 0 spiro atoms. The Bertz CT molecular complexity index is 586. The van der Waals surface area contributed by atoms with Crippen LogP contribution in [-0.4, -0.2) is 0 Å². The van der Waals surface area contributed by atoms with Crippen LogP contribution in [0.3, 0.4) is 0 Å². The summed E-state index contributed by atoms with van der Waals surface area (Å²) in [6.45, 7) is 0. The molecule has 0 radical (unpaired) electrons. The second-order valence-corrected chi connectivity index (χ2v) is 3.59. The molecule has 2 rings (SSSR count). The van der Waals surface area contributed by atoms with Crippen LogP contribution in [0.4, 0.5) is 4.39 Å². The first kappa shape index (κ1) is 8.68. The summed E-state index contributed by atoms with van der Waals surface area (Å²) >= 11 is 1.18. The summed E-state index contributed by atoms with van der Waals surface area (Å²) in [5.41, 5.74) is 0.666. The number of hydrogen-bond donors (Lipinski definition) is 0. The van der Waals surface area contributed by atoms with Gasteiger partial charge in [0.2, 0.25) is 0 Å². The van der Waals surface area contributed by atoms with Crippen molar-refractivity contribution < 1.29 is 4.39 Å². The maximum absolute atomic E-state index is 13.2. The van der Waals surface area contributed by atoms with Gasteiger partial charge in [-0.2, -0.15) is 10.5 Å². The van der Waals surface area contributed by atoms with Crippen molar-refractivity contribution >= 4 is 21.4 Å². The monoisotopic (exact) mass is 202 g/mol. The van der Waals surface area contributed by atoms with E-state index in [1.165, 1.54) is 28.8 Å². The summed E-state index contributed by atoms with van der Waals surface area (Å²) in [5, 5.41) is 19.1. The van der Waals surface area contributed by atoms with E-state index in [1.54, 1.807) is 0 Å². The molecule has 0 fully saturated rings. The Balaban J connectivity index is 2.93. The van der Waals surface area contributed by atoms with Crippen LogP contribution in [0.5, 0.6) is 0 Å². The van der Waals surface area contributed by atoms with Crippen LogP contribution in [0, 0.1) is 28.5 Å². The average Bonchev–Trinajstić information content (AvgIpc) is 2.59. The largest absolute Gasteiger partial charge is 0.205 e. The summed E-state index contributed by atoms with van der Waals surface area (Å²) in [6, 6.07) is 6.78.